The summed E-state index contributed by atoms with van der Waals surface area (Å²) in [6.07, 6.45) is 1.59. The molecule has 0 aromatic heterocycles. The average Bonchev–Trinajstić information content (AvgIpc) is 2.26. The van der Waals surface area contributed by atoms with Crippen LogP contribution in [0.4, 0.5) is 4.39 Å². The van der Waals surface area contributed by atoms with Gasteiger partial charge in [0, 0.05) is 13.1 Å². The van der Waals surface area contributed by atoms with E-state index in [-0.39, 0.29) is 18.3 Å². The molecule has 0 saturated heterocycles. The van der Waals surface area contributed by atoms with E-state index in [1.54, 1.807) is 25.3 Å². The first-order chi connectivity index (χ1) is 7.59. The first kappa shape index (κ1) is 12.2. The van der Waals surface area contributed by atoms with Crippen molar-refractivity contribution in [1.82, 2.24) is 0 Å². The highest BCUT2D eigenvalue weighted by Crippen LogP contribution is 1.99. The van der Waals surface area contributed by atoms with E-state index in [1.165, 1.54) is 19.1 Å². The Morgan fingerprint density at radius 1 is 1.31 bits per heavy atom. The van der Waals surface area contributed by atoms with Crippen molar-refractivity contribution in [3.63, 3.8) is 0 Å². The van der Waals surface area contributed by atoms with Gasteiger partial charge in [-0.15, -0.1) is 0 Å². The lowest BCUT2D eigenvalue weighted by molar-refractivity contribution is -0.111. The van der Waals surface area contributed by atoms with Crippen LogP contribution in [0, 0.1) is 5.82 Å². The van der Waals surface area contributed by atoms with Crippen molar-refractivity contribution in [2.75, 3.05) is 6.67 Å². The molecule has 0 aliphatic carbocycles. The van der Waals surface area contributed by atoms with E-state index in [0.717, 1.165) is 5.56 Å². The Hall–Kier alpha value is -1.84. The van der Waals surface area contributed by atoms with E-state index in [0.29, 0.717) is 5.71 Å². The first-order valence-corrected chi connectivity index (χ1v) is 4.87. The Bertz CT molecular complexity index is 421. The van der Waals surface area contributed by atoms with Crippen molar-refractivity contribution < 1.29 is 9.18 Å². The van der Waals surface area contributed by atoms with Crippen molar-refractivity contribution in [3.8, 4) is 0 Å². The fourth-order valence-electron chi connectivity index (χ4n) is 0.953. The van der Waals surface area contributed by atoms with Crippen LogP contribution in [0.25, 0.3) is 0 Å². The summed E-state index contributed by atoms with van der Waals surface area (Å²) >= 11 is 0. The van der Waals surface area contributed by atoms with Gasteiger partial charge in [-0.05, 0) is 24.6 Å². The van der Waals surface area contributed by atoms with Crippen LogP contribution in [0.15, 0.2) is 34.3 Å². The number of halogens is 1. The fraction of sp³-hybridized carbons (Fsp3) is 0.250. The smallest absolute Gasteiger partial charge is 0.173 e. The van der Waals surface area contributed by atoms with Crippen LogP contribution in [0.3, 0.4) is 0 Å². The van der Waals surface area contributed by atoms with E-state index in [9.17, 15) is 9.18 Å². The molecule has 0 saturated carbocycles. The minimum absolute atomic E-state index is 0.0583. The van der Waals surface area contributed by atoms with Gasteiger partial charge in [0.05, 0.1) is 5.71 Å². The molecule has 0 radical (unpaired) electrons. The van der Waals surface area contributed by atoms with Gasteiger partial charge in [-0.1, -0.05) is 12.1 Å². The maximum atomic E-state index is 12.6. The number of hydrogen-bond donors (Lipinski definition) is 0. The summed E-state index contributed by atoms with van der Waals surface area (Å²) in [7, 11) is 0. The molecule has 0 aliphatic heterocycles. The zero-order chi connectivity index (χ0) is 12.0. The number of carbonyl (C=O) groups excluding carboxylic acids is 1. The third-order valence-electron chi connectivity index (χ3n) is 2.01. The highest BCUT2D eigenvalue weighted by atomic mass is 19.1. The van der Waals surface area contributed by atoms with Crippen LogP contribution in [0.5, 0.6) is 0 Å². The van der Waals surface area contributed by atoms with Gasteiger partial charge in [-0.3, -0.25) is 14.8 Å². The molecule has 0 fully saturated rings. The SMILES string of the molecule is CC(=O)/C(C)=N/C/N=C\c1ccc(F)cc1. The van der Waals surface area contributed by atoms with Crippen LogP contribution in [0.1, 0.15) is 19.4 Å². The summed E-state index contributed by atoms with van der Waals surface area (Å²) in [5, 5.41) is 0. The van der Waals surface area contributed by atoms with Crippen LogP contribution in [-0.2, 0) is 4.79 Å². The van der Waals surface area contributed by atoms with Gasteiger partial charge in [0.2, 0.25) is 0 Å². The second kappa shape index (κ2) is 5.90. The fourth-order valence-corrected chi connectivity index (χ4v) is 0.953. The maximum Gasteiger partial charge on any atom is 0.173 e. The number of hydrogen-bond acceptors (Lipinski definition) is 3. The summed E-state index contributed by atoms with van der Waals surface area (Å²) < 4.78 is 12.6. The maximum absolute atomic E-state index is 12.6. The second-order valence-electron chi connectivity index (χ2n) is 3.30. The molecule has 0 heterocycles. The lowest BCUT2D eigenvalue weighted by Crippen LogP contribution is -2.04. The molecule has 0 atom stereocenters. The molecule has 0 aliphatic rings. The average molecular weight is 220 g/mol. The molecule has 84 valence electrons. The zero-order valence-electron chi connectivity index (χ0n) is 9.27. The molecule has 1 aromatic rings. The molecule has 4 heteroatoms. The van der Waals surface area contributed by atoms with Crippen molar-refractivity contribution in [2.45, 2.75) is 13.8 Å². The Labute approximate surface area is 93.7 Å². The summed E-state index contributed by atoms with van der Waals surface area (Å²) in [5.74, 6) is -0.334. The zero-order valence-corrected chi connectivity index (χ0v) is 9.27. The number of Topliss-reactive ketones (excluding diaryl/α,β-unsaturated/α-hetero) is 1. The Balaban J connectivity index is 2.52. The normalized spacial score (nSPS) is 12.1. The van der Waals surface area contributed by atoms with Gasteiger partial charge in [0.1, 0.15) is 12.5 Å². The predicted molar refractivity (Wildman–Crippen MR) is 62.7 cm³/mol. The van der Waals surface area contributed by atoms with Crippen LogP contribution >= 0.6 is 0 Å². The first-order valence-electron chi connectivity index (χ1n) is 4.87. The van der Waals surface area contributed by atoms with Crippen LogP contribution < -0.4 is 0 Å². The number of rotatable bonds is 4. The number of carbonyl (C=O) groups is 1. The van der Waals surface area contributed by atoms with E-state index in [2.05, 4.69) is 9.98 Å². The van der Waals surface area contributed by atoms with Crippen molar-refractivity contribution in [3.05, 3.63) is 35.6 Å². The van der Waals surface area contributed by atoms with Crippen LogP contribution in [-0.4, -0.2) is 24.4 Å². The summed E-state index contributed by atoms with van der Waals surface area (Å²) in [5.41, 5.74) is 1.26. The van der Waals surface area contributed by atoms with E-state index in [1.807, 2.05) is 0 Å². The number of benzene rings is 1. The highest BCUT2D eigenvalue weighted by molar-refractivity contribution is 6.37. The molecular weight excluding hydrogens is 207 g/mol. The van der Waals surface area contributed by atoms with Gasteiger partial charge in [-0.25, -0.2) is 4.39 Å². The Kier molecular flexibility index (Phi) is 4.51. The van der Waals surface area contributed by atoms with Gasteiger partial charge in [-0.2, -0.15) is 0 Å². The molecular formula is C12H13FN2O. The highest BCUT2D eigenvalue weighted by Gasteiger charge is 1.94. The number of aliphatic imine (C=N–C) groups is 2. The topological polar surface area (TPSA) is 41.8 Å². The van der Waals surface area contributed by atoms with Gasteiger partial charge < -0.3 is 0 Å². The summed E-state index contributed by atoms with van der Waals surface area (Å²) in [6.45, 7) is 3.32. The molecule has 0 unspecified atom stereocenters. The summed E-state index contributed by atoms with van der Waals surface area (Å²) in [4.78, 5) is 18.8. The minimum Gasteiger partial charge on any atom is -0.293 e. The lowest BCUT2D eigenvalue weighted by atomic mass is 10.2. The van der Waals surface area contributed by atoms with Gasteiger partial charge in [0.15, 0.2) is 5.78 Å². The molecule has 0 N–H and O–H groups in total. The molecule has 16 heavy (non-hydrogen) atoms. The molecule has 0 spiro atoms. The van der Waals surface area contributed by atoms with E-state index < -0.39 is 0 Å². The van der Waals surface area contributed by atoms with Crippen LogP contribution in [0.2, 0.25) is 0 Å². The number of ketones is 1. The lowest BCUT2D eigenvalue weighted by Gasteiger charge is -1.93. The van der Waals surface area contributed by atoms with E-state index >= 15 is 0 Å². The van der Waals surface area contributed by atoms with Gasteiger partial charge in [0.25, 0.3) is 0 Å². The van der Waals surface area contributed by atoms with Gasteiger partial charge >= 0.3 is 0 Å². The predicted octanol–water partition coefficient (Wildman–Crippen LogP) is 2.25. The quantitative estimate of drug-likeness (QED) is 0.717. The largest absolute Gasteiger partial charge is 0.293 e. The van der Waals surface area contributed by atoms with Crippen molar-refractivity contribution in [1.29, 1.82) is 0 Å². The third kappa shape index (κ3) is 4.13. The van der Waals surface area contributed by atoms with Crippen molar-refractivity contribution in [2.24, 2.45) is 9.98 Å². The number of nitrogens with zero attached hydrogens (tertiary/aromatic N) is 2. The Morgan fingerprint density at radius 3 is 2.50 bits per heavy atom. The Morgan fingerprint density at radius 2 is 1.94 bits per heavy atom. The molecule has 1 aromatic carbocycles. The third-order valence-corrected chi connectivity index (χ3v) is 2.01. The second-order valence-corrected chi connectivity index (χ2v) is 3.30. The molecule has 0 amide bonds. The standard InChI is InChI=1S/C12H13FN2O/c1-9(10(2)16)15-8-14-7-11-3-5-12(13)6-4-11/h3-7H,8H2,1-2H3/b14-7-,15-9+. The minimum atomic E-state index is -0.275. The van der Waals surface area contributed by atoms with Crippen molar-refractivity contribution >= 4 is 17.7 Å². The summed E-state index contributed by atoms with van der Waals surface area (Å²) in [6, 6.07) is 5.98. The molecule has 3 nitrogen and oxygen atoms in total. The molecule has 0 bridgehead atoms. The monoisotopic (exact) mass is 220 g/mol. The molecule has 1 rings (SSSR count). The van der Waals surface area contributed by atoms with E-state index in [4.69, 9.17) is 0 Å².